The molecule has 0 radical (unpaired) electrons. The molecular weight excluding hydrogens is 288 g/mol. The molecule has 21 heavy (non-hydrogen) atoms. The summed E-state index contributed by atoms with van der Waals surface area (Å²) >= 11 is 0. The van der Waals surface area contributed by atoms with Gasteiger partial charge in [-0.3, -0.25) is 5.10 Å². The van der Waals surface area contributed by atoms with E-state index in [1.54, 1.807) is 6.20 Å². The molecule has 1 aliphatic carbocycles. The van der Waals surface area contributed by atoms with Crippen LogP contribution in [0.15, 0.2) is 11.2 Å². The summed E-state index contributed by atoms with van der Waals surface area (Å²) in [6.07, 6.45) is 4.62. The minimum atomic E-state index is -3.54. The molecule has 1 aliphatic rings. The SMILES string of the molecule is CCNCc1cn[nH]c1S(=O)(=O)NC1CCC(C)CC1C. The van der Waals surface area contributed by atoms with E-state index in [4.69, 9.17) is 0 Å². The van der Waals surface area contributed by atoms with Crippen LogP contribution in [0.2, 0.25) is 0 Å². The highest BCUT2D eigenvalue weighted by atomic mass is 32.2. The number of sulfonamides is 1. The monoisotopic (exact) mass is 314 g/mol. The Morgan fingerprint density at radius 1 is 1.38 bits per heavy atom. The summed E-state index contributed by atoms with van der Waals surface area (Å²) in [4.78, 5) is 0. The van der Waals surface area contributed by atoms with Gasteiger partial charge in [0.05, 0.1) is 6.20 Å². The molecule has 1 aromatic heterocycles. The predicted molar refractivity (Wildman–Crippen MR) is 82.3 cm³/mol. The first-order valence-electron chi connectivity index (χ1n) is 7.69. The molecule has 0 amide bonds. The molecule has 3 unspecified atom stereocenters. The van der Waals surface area contributed by atoms with E-state index >= 15 is 0 Å². The second-order valence-electron chi connectivity index (χ2n) is 6.13. The third-order valence-corrected chi connectivity index (χ3v) is 5.75. The van der Waals surface area contributed by atoms with Crippen LogP contribution >= 0.6 is 0 Å². The van der Waals surface area contributed by atoms with Gasteiger partial charge in [-0.25, -0.2) is 13.1 Å². The molecule has 0 spiro atoms. The van der Waals surface area contributed by atoms with Crippen LogP contribution in [-0.4, -0.2) is 31.2 Å². The zero-order chi connectivity index (χ0) is 15.5. The Kier molecular flexibility index (Phi) is 5.40. The van der Waals surface area contributed by atoms with Crippen LogP contribution in [0.25, 0.3) is 0 Å². The number of aromatic amines is 1. The van der Waals surface area contributed by atoms with E-state index in [1.165, 1.54) is 0 Å². The summed E-state index contributed by atoms with van der Waals surface area (Å²) in [7, 11) is -3.54. The van der Waals surface area contributed by atoms with Gasteiger partial charge in [-0.15, -0.1) is 0 Å². The number of nitrogens with zero attached hydrogens (tertiary/aromatic N) is 1. The molecule has 0 aliphatic heterocycles. The first-order valence-corrected chi connectivity index (χ1v) is 9.17. The molecule has 0 bridgehead atoms. The van der Waals surface area contributed by atoms with Crippen molar-refractivity contribution in [2.45, 2.75) is 57.6 Å². The number of nitrogens with one attached hydrogen (secondary N) is 3. The van der Waals surface area contributed by atoms with Crippen LogP contribution in [0.3, 0.4) is 0 Å². The van der Waals surface area contributed by atoms with Crippen LogP contribution in [-0.2, 0) is 16.6 Å². The van der Waals surface area contributed by atoms with Gasteiger partial charge in [0.15, 0.2) is 5.03 Å². The molecule has 2 rings (SSSR count). The minimum Gasteiger partial charge on any atom is -0.313 e. The fraction of sp³-hybridized carbons (Fsp3) is 0.786. The number of hydrogen-bond acceptors (Lipinski definition) is 4. The molecule has 1 saturated carbocycles. The molecule has 0 saturated heterocycles. The third-order valence-electron chi connectivity index (χ3n) is 4.25. The van der Waals surface area contributed by atoms with E-state index in [2.05, 4.69) is 34.1 Å². The molecule has 120 valence electrons. The standard InChI is InChI=1S/C14H26N4O2S/c1-4-15-8-12-9-16-17-14(12)21(19,20)18-13-6-5-10(2)7-11(13)3/h9-11,13,15,18H,4-8H2,1-3H3,(H,16,17). The average molecular weight is 314 g/mol. The molecule has 3 atom stereocenters. The van der Waals surface area contributed by atoms with E-state index in [0.717, 1.165) is 25.8 Å². The lowest BCUT2D eigenvalue weighted by molar-refractivity contribution is 0.249. The molecule has 1 aromatic rings. The highest BCUT2D eigenvalue weighted by molar-refractivity contribution is 7.89. The number of aromatic nitrogens is 2. The largest absolute Gasteiger partial charge is 0.313 e. The van der Waals surface area contributed by atoms with Gasteiger partial charge in [-0.05, 0) is 37.6 Å². The quantitative estimate of drug-likeness (QED) is 0.744. The third kappa shape index (κ3) is 4.05. The average Bonchev–Trinajstić information content (AvgIpc) is 2.89. The second kappa shape index (κ2) is 6.89. The maximum absolute atomic E-state index is 12.6. The first kappa shape index (κ1) is 16.5. The number of H-pyrrole nitrogens is 1. The summed E-state index contributed by atoms with van der Waals surface area (Å²) in [5.74, 6) is 1.04. The zero-order valence-electron chi connectivity index (χ0n) is 13.0. The van der Waals surface area contributed by atoms with Crippen LogP contribution < -0.4 is 10.0 Å². The maximum Gasteiger partial charge on any atom is 0.258 e. The van der Waals surface area contributed by atoms with Gasteiger partial charge in [0, 0.05) is 18.2 Å². The van der Waals surface area contributed by atoms with E-state index in [-0.39, 0.29) is 11.1 Å². The molecule has 0 aromatic carbocycles. The van der Waals surface area contributed by atoms with Crippen LogP contribution in [0.4, 0.5) is 0 Å². The summed E-state index contributed by atoms with van der Waals surface area (Å²) in [6, 6.07) is 0.0153. The Balaban J connectivity index is 2.10. The Morgan fingerprint density at radius 3 is 2.81 bits per heavy atom. The van der Waals surface area contributed by atoms with Crippen molar-refractivity contribution in [3.05, 3.63) is 11.8 Å². The van der Waals surface area contributed by atoms with Gasteiger partial charge in [0.2, 0.25) is 0 Å². The van der Waals surface area contributed by atoms with Gasteiger partial charge in [0.25, 0.3) is 10.0 Å². The summed E-state index contributed by atoms with van der Waals surface area (Å²) in [5, 5.41) is 9.83. The topological polar surface area (TPSA) is 86.9 Å². The second-order valence-corrected chi connectivity index (χ2v) is 7.78. The molecule has 7 heteroatoms. The van der Waals surface area contributed by atoms with Gasteiger partial charge < -0.3 is 5.32 Å². The van der Waals surface area contributed by atoms with E-state index in [0.29, 0.717) is 23.9 Å². The lowest BCUT2D eigenvalue weighted by Crippen LogP contribution is -2.42. The molecule has 1 fully saturated rings. The van der Waals surface area contributed by atoms with Crippen molar-refractivity contribution < 1.29 is 8.42 Å². The summed E-state index contributed by atoms with van der Waals surface area (Å²) < 4.78 is 28.0. The zero-order valence-corrected chi connectivity index (χ0v) is 13.8. The van der Waals surface area contributed by atoms with Crippen molar-refractivity contribution in [1.29, 1.82) is 0 Å². The Labute approximate surface area is 127 Å². The van der Waals surface area contributed by atoms with Gasteiger partial charge in [-0.2, -0.15) is 5.10 Å². The van der Waals surface area contributed by atoms with Crippen molar-refractivity contribution in [2.24, 2.45) is 11.8 Å². The molecule has 6 nitrogen and oxygen atoms in total. The van der Waals surface area contributed by atoms with Crippen LogP contribution in [0.5, 0.6) is 0 Å². The van der Waals surface area contributed by atoms with Crippen LogP contribution in [0, 0.1) is 11.8 Å². The first-order chi connectivity index (χ1) is 9.94. The van der Waals surface area contributed by atoms with Gasteiger partial charge >= 0.3 is 0 Å². The van der Waals surface area contributed by atoms with Crippen molar-refractivity contribution in [3.8, 4) is 0 Å². The lowest BCUT2D eigenvalue weighted by Gasteiger charge is -2.32. The predicted octanol–water partition coefficient (Wildman–Crippen LogP) is 1.62. The Hall–Kier alpha value is -0.920. The Morgan fingerprint density at radius 2 is 2.14 bits per heavy atom. The van der Waals surface area contributed by atoms with Gasteiger partial charge in [0.1, 0.15) is 0 Å². The molecule has 1 heterocycles. The summed E-state index contributed by atoms with van der Waals surface area (Å²) in [5.41, 5.74) is 0.682. The van der Waals surface area contributed by atoms with E-state index < -0.39 is 10.0 Å². The number of rotatable bonds is 6. The summed E-state index contributed by atoms with van der Waals surface area (Å²) in [6.45, 7) is 7.62. The van der Waals surface area contributed by atoms with Crippen molar-refractivity contribution >= 4 is 10.0 Å². The van der Waals surface area contributed by atoms with Crippen molar-refractivity contribution in [2.75, 3.05) is 6.54 Å². The van der Waals surface area contributed by atoms with Crippen LogP contribution in [0.1, 0.15) is 45.6 Å². The maximum atomic E-state index is 12.6. The lowest BCUT2D eigenvalue weighted by atomic mass is 9.80. The smallest absolute Gasteiger partial charge is 0.258 e. The Bertz CT molecular complexity index is 555. The minimum absolute atomic E-state index is 0.0153. The highest BCUT2D eigenvalue weighted by Crippen LogP contribution is 2.29. The van der Waals surface area contributed by atoms with Crippen molar-refractivity contribution in [3.63, 3.8) is 0 Å². The highest BCUT2D eigenvalue weighted by Gasteiger charge is 2.31. The van der Waals surface area contributed by atoms with E-state index in [9.17, 15) is 8.42 Å². The van der Waals surface area contributed by atoms with Gasteiger partial charge in [-0.1, -0.05) is 20.8 Å². The fourth-order valence-electron chi connectivity index (χ4n) is 3.02. The normalized spacial score (nSPS) is 26.9. The van der Waals surface area contributed by atoms with E-state index in [1.807, 2.05) is 6.92 Å². The molecule has 3 N–H and O–H groups in total. The molecular formula is C14H26N4O2S. The van der Waals surface area contributed by atoms with Crippen molar-refractivity contribution in [1.82, 2.24) is 20.2 Å². The fourth-order valence-corrected chi connectivity index (χ4v) is 4.53. The number of hydrogen-bond donors (Lipinski definition) is 3.